The van der Waals surface area contributed by atoms with Gasteiger partial charge in [-0.15, -0.1) is 24.0 Å². The molecule has 2 rings (SSSR count). The van der Waals surface area contributed by atoms with Crippen molar-refractivity contribution in [2.45, 2.75) is 32.9 Å². The molecule has 1 fully saturated rings. The number of benzene rings is 1. The number of nitrogens with one attached hydrogen (secondary N) is 2. The highest BCUT2D eigenvalue weighted by Gasteiger charge is 2.29. The van der Waals surface area contributed by atoms with Gasteiger partial charge in [0, 0.05) is 36.8 Å². The second-order valence-electron chi connectivity index (χ2n) is 6.08. The molecule has 1 aliphatic rings. The summed E-state index contributed by atoms with van der Waals surface area (Å²) >= 11 is 6.34. The SMILES string of the molecule is CCNC(=NCC(c1c(F)cccc1Cl)N1CCOC(C)C1)NCC.I. The molecule has 8 heteroatoms. The van der Waals surface area contributed by atoms with E-state index in [9.17, 15) is 4.39 Å². The average Bonchev–Trinajstić information content (AvgIpc) is 2.57. The lowest BCUT2D eigenvalue weighted by Gasteiger charge is -2.37. The molecule has 2 atom stereocenters. The van der Waals surface area contributed by atoms with Crippen molar-refractivity contribution in [1.29, 1.82) is 0 Å². The van der Waals surface area contributed by atoms with Gasteiger partial charge in [0.05, 0.1) is 25.3 Å². The molecular weight excluding hydrogens is 470 g/mol. The molecule has 2 unspecified atom stereocenters. The van der Waals surface area contributed by atoms with Gasteiger partial charge in [0.25, 0.3) is 0 Å². The molecule has 1 aromatic rings. The van der Waals surface area contributed by atoms with Gasteiger partial charge in [-0.05, 0) is 32.9 Å². The molecular formula is C18H29ClFIN4O. The van der Waals surface area contributed by atoms with Gasteiger partial charge in [0.1, 0.15) is 5.82 Å². The van der Waals surface area contributed by atoms with Gasteiger partial charge in [0.15, 0.2) is 5.96 Å². The highest BCUT2D eigenvalue weighted by molar-refractivity contribution is 14.0. The maximum Gasteiger partial charge on any atom is 0.191 e. The van der Waals surface area contributed by atoms with Crippen LogP contribution in [-0.4, -0.2) is 56.3 Å². The van der Waals surface area contributed by atoms with E-state index in [-0.39, 0.29) is 41.9 Å². The van der Waals surface area contributed by atoms with Crippen LogP contribution in [0.3, 0.4) is 0 Å². The Hall–Kier alpha value is -0.640. The van der Waals surface area contributed by atoms with Crippen molar-refractivity contribution in [3.8, 4) is 0 Å². The number of hydrogen-bond acceptors (Lipinski definition) is 3. The fourth-order valence-electron chi connectivity index (χ4n) is 3.03. The van der Waals surface area contributed by atoms with E-state index in [0.717, 1.165) is 32.1 Å². The van der Waals surface area contributed by atoms with E-state index in [1.165, 1.54) is 6.07 Å². The Labute approximate surface area is 177 Å². The van der Waals surface area contributed by atoms with Crippen molar-refractivity contribution in [3.63, 3.8) is 0 Å². The Balaban J connectivity index is 0.00000338. The summed E-state index contributed by atoms with van der Waals surface area (Å²) in [6, 6.07) is 4.59. The maximum absolute atomic E-state index is 14.6. The van der Waals surface area contributed by atoms with E-state index in [0.29, 0.717) is 23.7 Å². The zero-order chi connectivity index (χ0) is 18.2. The van der Waals surface area contributed by atoms with Crippen LogP contribution in [0.2, 0.25) is 5.02 Å². The van der Waals surface area contributed by atoms with E-state index in [1.54, 1.807) is 12.1 Å². The summed E-state index contributed by atoms with van der Waals surface area (Å²) in [5.41, 5.74) is 0.509. The predicted molar refractivity (Wildman–Crippen MR) is 116 cm³/mol. The Morgan fingerprint density at radius 1 is 1.38 bits per heavy atom. The second-order valence-corrected chi connectivity index (χ2v) is 6.48. The first-order valence-electron chi connectivity index (χ1n) is 8.88. The molecule has 1 aromatic carbocycles. The molecule has 0 saturated carbocycles. The van der Waals surface area contributed by atoms with E-state index in [4.69, 9.17) is 16.3 Å². The molecule has 2 N–H and O–H groups in total. The maximum atomic E-state index is 14.6. The van der Waals surface area contributed by atoms with Crippen LogP contribution in [0.25, 0.3) is 0 Å². The molecule has 1 aliphatic heterocycles. The first-order chi connectivity index (χ1) is 12.1. The van der Waals surface area contributed by atoms with Crippen LogP contribution in [-0.2, 0) is 4.74 Å². The normalized spacial score (nSPS) is 18.6. The van der Waals surface area contributed by atoms with Crippen LogP contribution in [0.1, 0.15) is 32.4 Å². The standard InChI is InChI=1S/C18H28ClFN4O.HI/c1-4-21-18(22-5-2)23-11-16(24-9-10-25-13(3)12-24)17-14(19)7-6-8-15(17)20;/h6-8,13,16H,4-5,9-12H2,1-3H3,(H2,21,22,23);1H. The first-order valence-corrected chi connectivity index (χ1v) is 9.26. The number of guanidine groups is 1. The van der Waals surface area contributed by atoms with Gasteiger partial charge >= 0.3 is 0 Å². The Bertz CT molecular complexity index is 562. The second kappa shape index (κ2) is 11.9. The van der Waals surface area contributed by atoms with Crippen molar-refractivity contribution < 1.29 is 9.13 Å². The van der Waals surface area contributed by atoms with E-state index in [1.807, 2.05) is 20.8 Å². The number of halogens is 3. The molecule has 1 heterocycles. The van der Waals surface area contributed by atoms with Crippen LogP contribution in [0.4, 0.5) is 4.39 Å². The van der Waals surface area contributed by atoms with E-state index in [2.05, 4.69) is 20.5 Å². The summed E-state index contributed by atoms with van der Waals surface area (Å²) in [6.45, 7) is 10.1. The summed E-state index contributed by atoms with van der Waals surface area (Å²) in [6.07, 6.45) is 0.104. The number of morpholine rings is 1. The predicted octanol–water partition coefficient (Wildman–Crippen LogP) is 3.43. The number of ether oxygens (including phenoxy) is 1. The third kappa shape index (κ3) is 6.51. The van der Waals surface area contributed by atoms with Crippen molar-refractivity contribution >= 4 is 41.5 Å². The van der Waals surface area contributed by atoms with Gasteiger partial charge < -0.3 is 15.4 Å². The Morgan fingerprint density at radius 2 is 2.08 bits per heavy atom. The average molecular weight is 499 g/mol. The molecule has 0 aliphatic carbocycles. The number of nitrogens with zero attached hydrogens (tertiary/aromatic N) is 2. The summed E-state index contributed by atoms with van der Waals surface area (Å²) < 4.78 is 20.2. The monoisotopic (exact) mass is 498 g/mol. The van der Waals surface area contributed by atoms with Crippen molar-refractivity contribution in [1.82, 2.24) is 15.5 Å². The highest BCUT2D eigenvalue weighted by Crippen LogP contribution is 2.31. The third-order valence-electron chi connectivity index (χ3n) is 4.16. The van der Waals surface area contributed by atoms with Crippen LogP contribution < -0.4 is 10.6 Å². The number of rotatable bonds is 6. The van der Waals surface area contributed by atoms with E-state index >= 15 is 0 Å². The van der Waals surface area contributed by atoms with Crippen molar-refractivity contribution in [3.05, 3.63) is 34.6 Å². The largest absolute Gasteiger partial charge is 0.376 e. The lowest BCUT2D eigenvalue weighted by Crippen LogP contribution is -2.45. The number of hydrogen-bond donors (Lipinski definition) is 2. The minimum absolute atomic E-state index is 0. The van der Waals surface area contributed by atoms with Gasteiger partial charge in [0.2, 0.25) is 0 Å². The quantitative estimate of drug-likeness (QED) is 0.358. The lowest BCUT2D eigenvalue weighted by atomic mass is 10.0. The van der Waals surface area contributed by atoms with Crippen LogP contribution in [0, 0.1) is 5.82 Å². The number of aliphatic imine (C=N–C) groups is 1. The van der Waals surface area contributed by atoms with Gasteiger partial charge in [-0.1, -0.05) is 17.7 Å². The molecule has 26 heavy (non-hydrogen) atoms. The van der Waals surface area contributed by atoms with Crippen LogP contribution >= 0.6 is 35.6 Å². The zero-order valence-corrected chi connectivity index (χ0v) is 18.7. The molecule has 0 aromatic heterocycles. The first kappa shape index (κ1) is 23.4. The van der Waals surface area contributed by atoms with Gasteiger partial charge in [-0.25, -0.2) is 4.39 Å². The fourth-order valence-corrected chi connectivity index (χ4v) is 3.32. The summed E-state index contributed by atoms with van der Waals surface area (Å²) in [5, 5.41) is 6.84. The van der Waals surface area contributed by atoms with Crippen molar-refractivity contribution in [2.75, 3.05) is 39.3 Å². The topological polar surface area (TPSA) is 48.9 Å². The minimum atomic E-state index is -0.291. The lowest BCUT2D eigenvalue weighted by molar-refractivity contribution is -0.0336. The zero-order valence-electron chi connectivity index (χ0n) is 15.6. The molecule has 5 nitrogen and oxygen atoms in total. The smallest absolute Gasteiger partial charge is 0.191 e. The molecule has 0 radical (unpaired) electrons. The minimum Gasteiger partial charge on any atom is -0.376 e. The van der Waals surface area contributed by atoms with Crippen LogP contribution in [0.15, 0.2) is 23.2 Å². The molecule has 0 spiro atoms. The molecule has 1 saturated heterocycles. The fraction of sp³-hybridized carbons (Fsp3) is 0.611. The molecule has 148 valence electrons. The Morgan fingerprint density at radius 3 is 2.65 bits per heavy atom. The van der Waals surface area contributed by atoms with E-state index < -0.39 is 0 Å². The van der Waals surface area contributed by atoms with Crippen molar-refractivity contribution in [2.24, 2.45) is 4.99 Å². The molecule has 0 amide bonds. The summed E-state index contributed by atoms with van der Waals surface area (Å²) in [4.78, 5) is 6.85. The third-order valence-corrected chi connectivity index (χ3v) is 4.49. The highest BCUT2D eigenvalue weighted by atomic mass is 127. The summed E-state index contributed by atoms with van der Waals surface area (Å²) in [7, 11) is 0. The Kier molecular flexibility index (Phi) is 10.7. The van der Waals surface area contributed by atoms with Gasteiger partial charge in [-0.2, -0.15) is 0 Å². The summed E-state index contributed by atoms with van der Waals surface area (Å²) in [5.74, 6) is 0.434. The molecule has 0 bridgehead atoms. The van der Waals surface area contributed by atoms with Gasteiger partial charge in [-0.3, -0.25) is 9.89 Å². The van der Waals surface area contributed by atoms with Crippen LogP contribution in [0.5, 0.6) is 0 Å².